The smallest absolute Gasteiger partial charge is 0.262 e. The number of aromatic nitrogens is 2. The molecule has 1 amide bonds. The lowest BCUT2D eigenvalue weighted by molar-refractivity contribution is -0.116. The first kappa shape index (κ1) is 21.6. The Balaban J connectivity index is 1.63. The minimum Gasteiger partial charge on any atom is -0.309 e. The van der Waals surface area contributed by atoms with E-state index >= 15 is 0 Å². The highest BCUT2D eigenvalue weighted by atomic mass is 32.2. The van der Waals surface area contributed by atoms with Crippen molar-refractivity contribution < 1.29 is 9.18 Å². The highest BCUT2D eigenvalue weighted by Crippen LogP contribution is 2.32. The number of halogens is 1. The third-order valence-electron chi connectivity index (χ3n) is 5.54. The fourth-order valence-electron chi connectivity index (χ4n) is 4.08. The Kier molecular flexibility index (Phi) is 6.14. The van der Waals surface area contributed by atoms with Gasteiger partial charge < -0.3 is 4.90 Å². The molecule has 0 radical (unpaired) electrons. The van der Waals surface area contributed by atoms with Crippen molar-refractivity contribution in [2.24, 2.45) is 5.92 Å². The van der Waals surface area contributed by atoms with Crippen LogP contribution in [0.15, 0.2) is 52.4 Å². The Morgan fingerprint density at radius 3 is 2.81 bits per heavy atom. The number of benzene rings is 2. The Morgan fingerprint density at radius 2 is 2.03 bits per heavy atom. The van der Waals surface area contributed by atoms with E-state index in [0.717, 1.165) is 24.1 Å². The minimum atomic E-state index is -0.284. The van der Waals surface area contributed by atoms with Gasteiger partial charge in [0.15, 0.2) is 5.16 Å². The van der Waals surface area contributed by atoms with Crippen LogP contribution in [0.3, 0.4) is 0 Å². The predicted molar refractivity (Wildman–Crippen MR) is 123 cm³/mol. The fraction of sp³-hybridized carbons (Fsp3) is 0.375. The van der Waals surface area contributed by atoms with Crippen LogP contribution in [0, 0.1) is 11.7 Å². The molecule has 4 rings (SSSR count). The normalized spacial score (nSPS) is 16.0. The third-order valence-corrected chi connectivity index (χ3v) is 6.50. The van der Waals surface area contributed by atoms with E-state index < -0.39 is 0 Å². The van der Waals surface area contributed by atoms with Crippen LogP contribution in [0.5, 0.6) is 0 Å². The summed E-state index contributed by atoms with van der Waals surface area (Å²) in [7, 11) is 0. The summed E-state index contributed by atoms with van der Waals surface area (Å²) < 4.78 is 15.3. The number of amides is 1. The number of aryl methyl sites for hydroxylation is 1. The van der Waals surface area contributed by atoms with Crippen molar-refractivity contribution in [1.82, 2.24) is 9.55 Å². The molecule has 7 heteroatoms. The molecule has 5 nitrogen and oxygen atoms in total. The maximum Gasteiger partial charge on any atom is 0.262 e. The molecule has 0 saturated carbocycles. The molecule has 0 spiro atoms. The lowest BCUT2D eigenvalue weighted by atomic mass is 9.96. The second-order valence-corrected chi connectivity index (χ2v) is 9.38. The van der Waals surface area contributed by atoms with Crippen molar-refractivity contribution in [3.8, 4) is 0 Å². The largest absolute Gasteiger partial charge is 0.309 e. The van der Waals surface area contributed by atoms with Crippen LogP contribution >= 0.6 is 11.8 Å². The summed E-state index contributed by atoms with van der Waals surface area (Å²) in [5.74, 6) is 0.0700. The summed E-state index contributed by atoms with van der Waals surface area (Å²) in [6.07, 6.45) is 1.55. The number of nitrogens with zero attached hydrogens (tertiary/aromatic N) is 3. The molecule has 2 heterocycles. The average molecular weight is 440 g/mol. The third kappa shape index (κ3) is 4.37. The van der Waals surface area contributed by atoms with Gasteiger partial charge in [-0.1, -0.05) is 37.7 Å². The monoisotopic (exact) mass is 439 g/mol. The van der Waals surface area contributed by atoms with Crippen molar-refractivity contribution in [2.75, 3.05) is 10.7 Å². The summed E-state index contributed by atoms with van der Waals surface area (Å²) >= 11 is 1.29. The van der Waals surface area contributed by atoms with Crippen LogP contribution < -0.4 is 10.5 Å². The summed E-state index contributed by atoms with van der Waals surface area (Å²) in [6, 6.07) is 11.9. The van der Waals surface area contributed by atoms with E-state index in [2.05, 4.69) is 4.98 Å². The number of hydrogen-bond donors (Lipinski definition) is 0. The molecule has 3 aromatic rings. The Morgan fingerprint density at radius 1 is 1.26 bits per heavy atom. The lowest BCUT2D eigenvalue weighted by Crippen LogP contribution is -2.43. The van der Waals surface area contributed by atoms with Gasteiger partial charge in [0.25, 0.3) is 5.56 Å². The van der Waals surface area contributed by atoms with E-state index in [1.807, 2.05) is 39.0 Å². The van der Waals surface area contributed by atoms with Gasteiger partial charge in [-0.25, -0.2) is 9.37 Å². The van der Waals surface area contributed by atoms with E-state index in [9.17, 15) is 14.0 Å². The molecule has 0 unspecified atom stereocenters. The van der Waals surface area contributed by atoms with Gasteiger partial charge in [-0.3, -0.25) is 14.2 Å². The first-order valence-electron chi connectivity index (χ1n) is 10.6. The molecular formula is C24H26FN3O2S. The van der Waals surface area contributed by atoms with Gasteiger partial charge >= 0.3 is 0 Å². The van der Waals surface area contributed by atoms with Gasteiger partial charge in [0.1, 0.15) is 5.82 Å². The number of carbonyl (C=O) groups excluding carboxylic acids is 1. The molecule has 0 aliphatic carbocycles. The van der Waals surface area contributed by atoms with Gasteiger partial charge in [-0.05, 0) is 61.6 Å². The SMILES string of the molecule is CC(C)Cn1c(SCC(=O)N2c3ccc(F)cc3CC[C@@H]2C)nc2ccccc2c1=O. The van der Waals surface area contributed by atoms with E-state index in [1.165, 1.54) is 23.9 Å². The molecule has 162 valence electrons. The molecule has 0 N–H and O–H groups in total. The maximum atomic E-state index is 13.7. The minimum absolute atomic E-state index is 0.0356. The highest BCUT2D eigenvalue weighted by Gasteiger charge is 2.28. The van der Waals surface area contributed by atoms with Gasteiger partial charge in [-0.15, -0.1) is 0 Å². The second kappa shape index (κ2) is 8.83. The van der Waals surface area contributed by atoms with Crippen molar-refractivity contribution in [1.29, 1.82) is 0 Å². The van der Waals surface area contributed by atoms with Crippen LogP contribution in [0.4, 0.5) is 10.1 Å². The topological polar surface area (TPSA) is 55.2 Å². The molecule has 2 aromatic carbocycles. The van der Waals surface area contributed by atoms with E-state index in [4.69, 9.17) is 0 Å². The van der Waals surface area contributed by atoms with E-state index in [0.29, 0.717) is 22.6 Å². The molecule has 0 fully saturated rings. The zero-order valence-electron chi connectivity index (χ0n) is 18.0. The summed E-state index contributed by atoms with van der Waals surface area (Å²) in [4.78, 5) is 32.7. The number of thioether (sulfide) groups is 1. The molecule has 0 bridgehead atoms. The maximum absolute atomic E-state index is 13.7. The van der Waals surface area contributed by atoms with Gasteiger partial charge in [-0.2, -0.15) is 0 Å². The van der Waals surface area contributed by atoms with Crippen LogP contribution in [0.25, 0.3) is 10.9 Å². The summed E-state index contributed by atoms with van der Waals surface area (Å²) in [5.41, 5.74) is 2.19. The first-order chi connectivity index (χ1) is 14.8. The zero-order valence-corrected chi connectivity index (χ0v) is 18.8. The number of para-hydroxylation sites is 1. The Labute approximate surface area is 185 Å². The Bertz CT molecular complexity index is 1190. The number of anilines is 1. The molecule has 1 aromatic heterocycles. The van der Waals surface area contributed by atoms with Crippen LogP contribution in [-0.2, 0) is 17.8 Å². The standard InChI is InChI=1S/C24H26FN3O2S/c1-15(2)13-27-23(30)19-6-4-5-7-20(19)26-24(27)31-14-22(29)28-16(3)8-9-17-12-18(25)10-11-21(17)28/h4-7,10-12,15-16H,8-9,13-14H2,1-3H3/t16-/m0/s1. The van der Waals surface area contributed by atoms with Crippen LogP contribution in [0.2, 0.25) is 0 Å². The van der Waals surface area contributed by atoms with E-state index in [1.54, 1.807) is 21.6 Å². The van der Waals surface area contributed by atoms with Gasteiger partial charge in [0, 0.05) is 18.3 Å². The zero-order chi connectivity index (χ0) is 22.1. The molecule has 1 aliphatic heterocycles. The first-order valence-corrected chi connectivity index (χ1v) is 11.6. The fourth-order valence-corrected chi connectivity index (χ4v) is 4.95. The van der Waals surface area contributed by atoms with Crippen molar-refractivity contribution in [2.45, 2.75) is 51.4 Å². The summed E-state index contributed by atoms with van der Waals surface area (Å²) in [5, 5.41) is 1.13. The predicted octanol–water partition coefficient (Wildman–Crippen LogP) is 4.65. The van der Waals surface area contributed by atoms with E-state index in [-0.39, 0.29) is 35.0 Å². The lowest BCUT2D eigenvalue weighted by Gasteiger charge is -2.35. The van der Waals surface area contributed by atoms with Crippen molar-refractivity contribution in [3.63, 3.8) is 0 Å². The Hall–Kier alpha value is -2.67. The highest BCUT2D eigenvalue weighted by molar-refractivity contribution is 7.99. The van der Waals surface area contributed by atoms with Gasteiger partial charge in [0.2, 0.25) is 5.91 Å². The molecule has 1 aliphatic rings. The number of carbonyl (C=O) groups is 1. The van der Waals surface area contributed by atoms with Gasteiger partial charge in [0.05, 0.1) is 16.7 Å². The van der Waals surface area contributed by atoms with Crippen molar-refractivity contribution in [3.05, 3.63) is 64.2 Å². The molecular weight excluding hydrogens is 413 g/mol. The van der Waals surface area contributed by atoms with Crippen LogP contribution in [0.1, 0.15) is 32.8 Å². The van der Waals surface area contributed by atoms with Crippen molar-refractivity contribution >= 4 is 34.3 Å². The number of fused-ring (bicyclic) bond motifs is 2. The average Bonchev–Trinajstić information content (AvgIpc) is 2.74. The molecule has 31 heavy (non-hydrogen) atoms. The quantitative estimate of drug-likeness (QED) is 0.429. The number of hydrogen-bond acceptors (Lipinski definition) is 4. The number of rotatable bonds is 5. The molecule has 0 saturated heterocycles. The van der Waals surface area contributed by atoms with Crippen LogP contribution in [-0.4, -0.2) is 27.3 Å². The molecule has 1 atom stereocenters. The summed E-state index contributed by atoms with van der Waals surface area (Å²) in [6.45, 7) is 6.65. The second-order valence-electron chi connectivity index (χ2n) is 8.43.